The molecule has 0 aliphatic heterocycles. The SMILES string of the molecule is COCCOCCCNC(=O)COc1cc(C)ccc1C. The number of hydrogen-bond donors (Lipinski definition) is 1. The van der Waals surface area contributed by atoms with E-state index in [0.717, 1.165) is 23.3 Å². The molecule has 5 nitrogen and oxygen atoms in total. The van der Waals surface area contributed by atoms with Crippen LogP contribution >= 0.6 is 0 Å². The average molecular weight is 295 g/mol. The first-order chi connectivity index (χ1) is 10.1. The van der Waals surface area contributed by atoms with Gasteiger partial charge in [-0.25, -0.2) is 0 Å². The molecule has 0 fully saturated rings. The van der Waals surface area contributed by atoms with E-state index in [2.05, 4.69) is 5.32 Å². The lowest BCUT2D eigenvalue weighted by molar-refractivity contribution is -0.123. The van der Waals surface area contributed by atoms with Crippen molar-refractivity contribution in [1.82, 2.24) is 5.32 Å². The molecule has 0 heterocycles. The summed E-state index contributed by atoms with van der Waals surface area (Å²) in [6.45, 7) is 6.37. The normalized spacial score (nSPS) is 10.4. The lowest BCUT2D eigenvalue weighted by atomic mass is 10.1. The molecule has 0 radical (unpaired) electrons. The third-order valence-electron chi connectivity index (χ3n) is 2.92. The summed E-state index contributed by atoms with van der Waals surface area (Å²) < 4.78 is 15.7. The van der Waals surface area contributed by atoms with Crippen LogP contribution in [0.25, 0.3) is 0 Å². The van der Waals surface area contributed by atoms with Crippen LogP contribution in [-0.4, -0.2) is 46.0 Å². The summed E-state index contributed by atoms with van der Waals surface area (Å²) in [4.78, 5) is 11.7. The Morgan fingerprint density at radius 2 is 2.00 bits per heavy atom. The number of carbonyl (C=O) groups excluding carboxylic acids is 1. The van der Waals surface area contributed by atoms with E-state index < -0.39 is 0 Å². The predicted molar refractivity (Wildman–Crippen MR) is 81.7 cm³/mol. The average Bonchev–Trinajstić information content (AvgIpc) is 2.47. The van der Waals surface area contributed by atoms with E-state index in [0.29, 0.717) is 26.4 Å². The highest BCUT2D eigenvalue weighted by Crippen LogP contribution is 2.18. The molecule has 0 atom stereocenters. The highest BCUT2D eigenvalue weighted by atomic mass is 16.5. The minimum Gasteiger partial charge on any atom is -0.483 e. The molecule has 1 N–H and O–H groups in total. The summed E-state index contributed by atoms with van der Waals surface area (Å²) in [5.41, 5.74) is 2.14. The van der Waals surface area contributed by atoms with Gasteiger partial charge in [0.2, 0.25) is 0 Å². The van der Waals surface area contributed by atoms with Crippen molar-refractivity contribution in [2.45, 2.75) is 20.3 Å². The number of nitrogens with one attached hydrogen (secondary N) is 1. The maximum Gasteiger partial charge on any atom is 0.257 e. The van der Waals surface area contributed by atoms with Gasteiger partial charge in [-0.3, -0.25) is 4.79 Å². The highest BCUT2D eigenvalue weighted by Gasteiger charge is 2.04. The van der Waals surface area contributed by atoms with Crippen LogP contribution in [0, 0.1) is 13.8 Å². The van der Waals surface area contributed by atoms with Gasteiger partial charge >= 0.3 is 0 Å². The van der Waals surface area contributed by atoms with Gasteiger partial charge in [0.25, 0.3) is 5.91 Å². The first-order valence-electron chi connectivity index (χ1n) is 7.17. The van der Waals surface area contributed by atoms with Gasteiger partial charge in [-0.2, -0.15) is 0 Å². The summed E-state index contributed by atoms with van der Waals surface area (Å²) in [6.07, 6.45) is 0.777. The fourth-order valence-corrected chi connectivity index (χ4v) is 1.70. The second-order valence-electron chi connectivity index (χ2n) is 4.87. The van der Waals surface area contributed by atoms with Crippen molar-refractivity contribution in [2.24, 2.45) is 0 Å². The molecule has 0 unspecified atom stereocenters. The molecule has 0 saturated heterocycles. The molecule has 0 aliphatic carbocycles. The first kappa shape index (κ1) is 17.5. The fourth-order valence-electron chi connectivity index (χ4n) is 1.70. The van der Waals surface area contributed by atoms with E-state index in [1.807, 2.05) is 32.0 Å². The molecule has 0 aliphatic rings. The minimum atomic E-state index is -0.118. The predicted octanol–water partition coefficient (Wildman–Crippen LogP) is 1.85. The van der Waals surface area contributed by atoms with E-state index in [9.17, 15) is 4.79 Å². The maximum atomic E-state index is 11.7. The van der Waals surface area contributed by atoms with Gasteiger partial charge in [0.15, 0.2) is 6.61 Å². The Morgan fingerprint density at radius 1 is 1.19 bits per heavy atom. The van der Waals surface area contributed by atoms with E-state index in [4.69, 9.17) is 14.2 Å². The molecule has 0 aromatic heterocycles. The molecule has 21 heavy (non-hydrogen) atoms. The Balaban J connectivity index is 2.12. The number of methoxy groups -OCH3 is 1. The van der Waals surface area contributed by atoms with Crippen molar-refractivity contribution >= 4 is 5.91 Å². The molecular weight excluding hydrogens is 270 g/mol. The quantitative estimate of drug-likeness (QED) is 0.669. The van der Waals surface area contributed by atoms with Crippen LogP contribution in [-0.2, 0) is 14.3 Å². The third-order valence-corrected chi connectivity index (χ3v) is 2.92. The van der Waals surface area contributed by atoms with Crippen LogP contribution in [0.5, 0.6) is 5.75 Å². The molecule has 1 aromatic rings. The fraction of sp³-hybridized carbons (Fsp3) is 0.562. The van der Waals surface area contributed by atoms with Gasteiger partial charge in [0, 0.05) is 20.3 Å². The van der Waals surface area contributed by atoms with Gasteiger partial charge < -0.3 is 19.5 Å². The van der Waals surface area contributed by atoms with Crippen molar-refractivity contribution in [2.75, 3.05) is 40.1 Å². The molecule has 0 spiro atoms. The van der Waals surface area contributed by atoms with Crippen LogP contribution in [0.15, 0.2) is 18.2 Å². The number of rotatable bonds is 10. The number of amides is 1. The Bertz CT molecular complexity index is 434. The molecule has 0 bridgehead atoms. The van der Waals surface area contributed by atoms with Crippen molar-refractivity contribution in [3.8, 4) is 5.75 Å². The zero-order valence-electron chi connectivity index (χ0n) is 13.1. The Hall–Kier alpha value is -1.59. The number of benzene rings is 1. The maximum absolute atomic E-state index is 11.7. The van der Waals surface area contributed by atoms with Crippen LogP contribution in [0.2, 0.25) is 0 Å². The zero-order valence-corrected chi connectivity index (χ0v) is 13.1. The summed E-state index contributed by atoms with van der Waals surface area (Å²) in [6, 6.07) is 5.94. The largest absolute Gasteiger partial charge is 0.483 e. The van der Waals surface area contributed by atoms with Crippen molar-refractivity contribution in [3.63, 3.8) is 0 Å². The van der Waals surface area contributed by atoms with E-state index >= 15 is 0 Å². The second-order valence-corrected chi connectivity index (χ2v) is 4.87. The summed E-state index contributed by atoms with van der Waals surface area (Å²) >= 11 is 0. The first-order valence-corrected chi connectivity index (χ1v) is 7.17. The zero-order chi connectivity index (χ0) is 15.5. The monoisotopic (exact) mass is 295 g/mol. The van der Waals surface area contributed by atoms with Crippen LogP contribution < -0.4 is 10.1 Å². The smallest absolute Gasteiger partial charge is 0.257 e. The molecule has 1 aromatic carbocycles. The lowest BCUT2D eigenvalue weighted by Crippen LogP contribution is -2.30. The lowest BCUT2D eigenvalue weighted by Gasteiger charge is -2.10. The van der Waals surface area contributed by atoms with Crippen LogP contribution in [0.1, 0.15) is 17.5 Å². The van der Waals surface area contributed by atoms with E-state index in [-0.39, 0.29) is 12.5 Å². The molecule has 118 valence electrons. The van der Waals surface area contributed by atoms with Crippen molar-refractivity contribution < 1.29 is 19.0 Å². The highest BCUT2D eigenvalue weighted by molar-refractivity contribution is 5.77. The Labute approximate surface area is 126 Å². The van der Waals surface area contributed by atoms with Gasteiger partial charge in [-0.05, 0) is 37.5 Å². The van der Waals surface area contributed by atoms with Crippen LogP contribution in [0.4, 0.5) is 0 Å². The number of carbonyl (C=O) groups is 1. The van der Waals surface area contributed by atoms with Gasteiger partial charge in [-0.1, -0.05) is 12.1 Å². The molecule has 1 amide bonds. The van der Waals surface area contributed by atoms with Crippen LogP contribution in [0.3, 0.4) is 0 Å². The van der Waals surface area contributed by atoms with Gasteiger partial charge in [-0.15, -0.1) is 0 Å². The number of ether oxygens (including phenoxy) is 3. The summed E-state index contributed by atoms with van der Waals surface area (Å²) in [5, 5.41) is 2.80. The number of aryl methyl sites for hydroxylation is 2. The van der Waals surface area contributed by atoms with Crippen molar-refractivity contribution in [3.05, 3.63) is 29.3 Å². The van der Waals surface area contributed by atoms with Gasteiger partial charge in [0.05, 0.1) is 13.2 Å². The molecular formula is C16H25NO4. The molecule has 1 rings (SSSR count). The molecule has 5 heteroatoms. The third kappa shape index (κ3) is 7.68. The Kier molecular flexibility index (Phi) is 8.47. The van der Waals surface area contributed by atoms with E-state index in [1.54, 1.807) is 7.11 Å². The van der Waals surface area contributed by atoms with Gasteiger partial charge in [0.1, 0.15) is 5.75 Å². The second kappa shape index (κ2) is 10.2. The summed E-state index contributed by atoms with van der Waals surface area (Å²) in [7, 11) is 1.64. The standard InChI is InChI=1S/C16H25NO4/c1-13-5-6-14(2)15(11-13)21-12-16(18)17-7-4-8-20-10-9-19-3/h5-6,11H,4,7-10,12H2,1-3H3,(H,17,18). The molecule has 0 saturated carbocycles. The van der Waals surface area contributed by atoms with E-state index in [1.165, 1.54) is 0 Å². The number of hydrogen-bond acceptors (Lipinski definition) is 4. The Morgan fingerprint density at radius 3 is 2.76 bits per heavy atom. The van der Waals surface area contributed by atoms with Crippen molar-refractivity contribution in [1.29, 1.82) is 0 Å². The summed E-state index contributed by atoms with van der Waals surface area (Å²) in [5.74, 6) is 0.640. The topological polar surface area (TPSA) is 56.8 Å². The minimum absolute atomic E-state index is 0.0365.